The van der Waals surface area contributed by atoms with Crippen LogP contribution in [0.2, 0.25) is 0 Å². The minimum atomic E-state index is -0.246. The topological polar surface area (TPSA) is 0 Å². The van der Waals surface area contributed by atoms with Crippen molar-refractivity contribution in [3.05, 3.63) is 156 Å². The van der Waals surface area contributed by atoms with Crippen molar-refractivity contribution in [1.82, 2.24) is 0 Å². The zero-order valence-electron chi connectivity index (χ0n) is 24.0. The first-order chi connectivity index (χ1) is 19.5. The molecule has 0 bridgehead atoms. The molecule has 0 aliphatic heterocycles. The van der Waals surface area contributed by atoms with Gasteiger partial charge in [-0.25, -0.2) is 0 Å². The Labute approximate surface area is 240 Å². The second kappa shape index (κ2) is 10.8. The fourth-order valence-corrected chi connectivity index (χ4v) is 6.52. The molecule has 2 atom stereocenters. The van der Waals surface area contributed by atoms with Crippen LogP contribution in [-0.4, -0.2) is 0 Å². The quantitative estimate of drug-likeness (QED) is 0.179. The lowest BCUT2D eigenvalue weighted by Crippen LogP contribution is -2.27. The van der Waals surface area contributed by atoms with Gasteiger partial charge in [0.1, 0.15) is 0 Å². The van der Waals surface area contributed by atoms with Crippen LogP contribution in [0, 0.1) is 6.92 Å². The summed E-state index contributed by atoms with van der Waals surface area (Å²) in [7, 11) is 0. The van der Waals surface area contributed by atoms with Crippen LogP contribution in [0.25, 0.3) is 33.4 Å². The van der Waals surface area contributed by atoms with Crippen molar-refractivity contribution in [2.75, 3.05) is 0 Å². The molecular weight excluding hydrogens is 480 g/mol. The lowest BCUT2D eigenvalue weighted by atomic mass is 9.68. The first kappa shape index (κ1) is 26.1. The highest BCUT2D eigenvalue weighted by atomic mass is 14.5. The summed E-state index contributed by atoms with van der Waals surface area (Å²) in [5.74, 6) is 0.579. The van der Waals surface area contributed by atoms with Gasteiger partial charge in [-0.15, -0.1) is 6.58 Å². The molecule has 2 unspecified atom stereocenters. The molecule has 0 N–H and O–H groups in total. The summed E-state index contributed by atoms with van der Waals surface area (Å²) in [5, 5.41) is 0. The van der Waals surface area contributed by atoms with Crippen LogP contribution >= 0.6 is 0 Å². The van der Waals surface area contributed by atoms with Gasteiger partial charge in [-0.3, -0.25) is 0 Å². The molecule has 1 aliphatic carbocycles. The summed E-state index contributed by atoms with van der Waals surface area (Å²) in [6.07, 6.45) is 5.15. The van der Waals surface area contributed by atoms with E-state index in [1.165, 1.54) is 61.2 Å². The average Bonchev–Trinajstić information content (AvgIpc) is 3.29. The Kier molecular flexibility index (Phi) is 7.03. The molecule has 5 aromatic rings. The summed E-state index contributed by atoms with van der Waals surface area (Å²) in [6.45, 7) is 10.9. The first-order valence-corrected chi connectivity index (χ1v) is 14.7. The molecule has 0 saturated carbocycles. The largest absolute Gasteiger partial charge is 0.103 e. The molecule has 6 rings (SSSR count). The van der Waals surface area contributed by atoms with Crippen molar-refractivity contribution < 1.29 is 0 Å². The molecule has 0 heterocycles. The van der Waals surface area contributed by atoms with Gasteiger partial charge < -0.3 is 0 Å². The van der Waals surface area contributed by atoms with E-state index in [2.05, 4.69) is 149 Å². The minimum absolute atomic E-state index is 0.246. The molecule has 0 aromatic heterocycles. The van der Waals surface area contributed by atoms with E-state index >= 15 is 0 Å². The summed E-state index contributed by atoms with van der Waals surface area (Å²) in [4.78, 5) is 0. The number of hydrogen-bond donors (Lipinski definition) is 0. The Hall–Kier alpha value is -4.16. The van der Waals surface area contributed by atoms with Crippen LogP contribution in [0.3, 0.4) is 0 Å². The van der Waals surface area contributed by atoms with Gasteiger partial charge in [0.05, 0.1) is 0 Å². The maximum absolute atomic E-state index is 4.13. The van der Waals surface area contributed by atoms with Crippen molar-refractivity contribution in [1.29, 1.82) is 0 Å². The molecule has 0 fully saturated rings. The standard InChI is InChI=1S/C40H38/c1-5-7-25-40(35-21-13-28(3)14-22-35)38-26-33(31-11-9-8-10-12-31)19-23-36(38)37-24-20-34(27-39(37)40)32-17-15-30(16-18-32)29(4)6-2/h5,8-24,26-27,29H,1,6-7,25H2,2-4H3. The predicted octanol–water partition coefficient (Wildman–Crippen LogP) is 11.1. The van der Waals surface area contributed by atoms with Gasteiger partial charge in [-0.1, -0.05) is 129 Å². The van der Waals surface area contributed by atoms with Gasteiger partial charge in [0, 0.05) is 5.41 Å². The van der Waals surface area contributed by atoms with Crippen molar-refractivity contribution in [3.63, 3.8) is 0 Å². The second-order valence-electron chi connectivity index (χ2n) is 11.4. The maximum Gasteiger partial charge on any atom is 0.0467 e. The molecule has 5 aromatic carbocycles. The number of aryl methyl sites for hydroxylation is 1. The fourth-order valence-electron chi connectivity index (χ4n) is 6.52. The minimum Gasteiger partial charge on any atom is -0.103 e. The fraction of sp³-hybridized carbons (Fsp3) is 0.200. The third-order valence-corrected chi connectivity index (χ3v) is 9.05. The lowest BCUT2D eigenvalue weighted by Gasteiger charge is -2.33. The van der Waals surface area contributed by atoms with E-state index in [1.54, 1.807) is 0 Å². The van der Waals surface area contributed by atoms with Crippen molar-refractivity contribution in [2.45, 2.75) is 51.4 Å². The van der Waals surface area contributed by atoms with Crippen LogP contribution in [0.1, 0.15) is 66.8 Å². The van der Waals surface area contributed by atoms with E-state index in [9.17, 15) is 0 Å². The lowest BCUT2D eigenvalue weighted by molar-refractivity contribution is 0.580. The Morgan fingerprint density at radius 1 is 0.675 bits per heavy atom. The molecule has 0 spiro atoms. The third-order valence-electron chi connectivity index (χ3n) is 9.05. The molecule has 0 amide bonds. The highest BCUT2D eigenvalue weighted by molar-refractivity contribution is 5.88. The van der Waals surface area contributed by atoms with Crippen LogP contribution in [-0.2, 0) is 5.41 Å². The molecule has 0 nitrogen and oxygen atoms in total. The highest BCUT2D eigenvalue weighted by Crippen LogP contribution is 2.56. The van der Waals surface area contributed by atoms with Crippen molar-refractivity contribution in [2.24, 2.45) is 0 Å². The van der Waals surface area contributed by atoms with E-state index in [0.29, 0.717) is 5.92 Å². The molecule has 0 radical (unpaired) electrons. The number of fused-ring (bicyclic) bond motifs is 3. The van der Waals surface area contributed by atoms with E-state index in [-0.39, 0.29) is 5.41 Å². The van der Waals surface area contributed by atoms with Crippen LogP contribution in [0.4, 0.5) is 0 Å². The van der Waals surface area contributed by atoms with Crippen LogP contribution in [0.15, 0.2) is 128 Å². The monoisotopic (exact) mass is 518 g/mol. The molecule has 40 heavy (non-hydrogen) atoms. The maximum atomic E-state index is 4.13. The van der Waals surface area contributed by atoms with Gasteiger partial charge in [-0.05, 0) is 99.9 Å². The Morgan fingerprint density at radius 2 is 1.23 bits per heavy atom. The van der Waals surface area contributed by atoms with E-state index in [0.717, 1.165) is 19.3 Å². The molecule has 198 valence electrons. The van der Waals surface area contributed by atoms with Gasteiger partial charge in [0.25, 0.3) is 0 Å². The normalized spacial score (nSPS) is 16.3. The molecule has 1 aliphatic rings. The van der Waals surface area contributed by atoms with E-state index < -0.39 is 0 Å². The van der Waals surface area contributed by atoms with Gasteiger partial charge >= 0.3 is 0 Å². The summed E-state index contributed by atoms with van der Waals surface area (Å²) >= 11 is 0. The Morgan fingerprint density at radius 3 is 1.77 bits per heavy atom. The number of rotatable bonds is 8. The summed E-state index contributed by atoms with van der Waals surface area (Å²) in [6, 6.07) is 43.4. The Bertz CT molecular complexity index is 1640. The van der Waals surface area contributed by atoms with Crippen LogP contribution in [0.5, 0.6) is 0 Å². The van der Waals surface area contributed by atoms with Crippen molar-refractivity contribution >= 4 is 0 Å². The zero-order valence-corrected chi connectivity index (χ0v) is 24.0. The van der Waals surface area contributed by atoms with E-state index in [1.807, 2.05) is 0 Å². The van der Waals surface area contributed by atoms with E-state index in [4.69, 9.17) is 0 Å². The van der Waals surface area contributed by atoms with Crippen LogP contribution < -0.4 is 0 Å². The highest BCUT2D eigenvalue weighted by Gasteiger charge is 2.44. The smallest absolute Gasteiger partial charge is 0.0467 e. The predicted molar refractivity (Wildman–Crippen MR) is 172 cm³/mol. The molecule has 0 heteroatoms. The zero-order chi connectivity index (χ0) is 27.7. The van der Waals surface area contributed by atoms with Crippen molar-refractivity contribution in [3.8, 4) is 33.4 Å². The third kappa shape index (κ3) is 4.42. The summed E-state index contributed by atoms with van der Waals surface area (Å²) in [5.41, 5.74) is 14.4. The first-order valence-electron chi connectivity index (χ1n) is 14.7. The second-order valence-corrected chi connectivity index (χ2v) is 11.4. The van der Waals surface area contributed by atoms with Gasteiger partial charge in [-0.2, -0.15) is 0 Å². The molecular formula is C40H38. The SMILES string of the molecule is C=CCCC1(c2ccc(C)cc2)c2cc(-c3ccccc3)ccc2-c2ccc(-c3ccc(C(C)CC)cc3)cc21. The van der Waals surface area contributed by atoms with Gasteiger partial charge in [0.15, 0.2) is 0 Å². The number of benzene rings is 5. The number of allylic oxidation sites excluding steroid dienone is 1. The Balaban J connectivity index is 1.58. The summed E-state index contributed by atoms with van der Waals surface area (Å²) < 4.78 is 0. The number of hydrogen-bond acceptors (Lipinski definition) is 0. The average molecular weight is 519 g/mol. The van der Waals surface area contributed by atoms with Gasteiger partial charge in [0.2, 0.25) is 0 Å². The molecule has 0 saturated heterocycles.